The monoisotopic (exact) mass is 908 g/mol. The largest absolute Gasteiger partial charge is 0.344 e. The lowest BCUT2D eigenvalue weighted by Gasteiger charge is -2.24. The minimum absolute atomic E-state index is 0.000601. The van der Waals surface area contributed by atoms with E-state index in [9.17, 15) is 30.8 Å². The molecule has 0 unspecified atom stereocenters. The molecular formula is C43H35ClF6N8O4S. The van der Waals surface area contributed by atoms with Gasteiger partial charge < -0.3 is 5.32 Å². The van der Waals surface area contributed by atoms with E-state index in [1.807, 2.05) is 32.0 Å². The standard InChI is InChI=1S/C43H35ClF6N8O4S/c1-19-6-5-7-20(2)33(19)22-8-9-25-29(15-22)52-41(58(42(25)60)31-11-10-28(44)35-37(31)56(3)54-40(35)55-63(4,61)62)30(14-21-12-23(45)16-24(46)13-21)51-32(59)18-57-38-34(36(53-57)39(47)48)26-17-27(26)43(38,49)50/h5-13,15-16,26-27,30,39H,14,17-18H2,1-4H3,(H,51,59)(H,54,55)/t26-,27+,30-/m0/s1. The van der Waals surface area contributed by atoms with Gasteiger partial charge in [0, 0.05) is 31.0 Å². The quantitative estimate of drug-likeness (QED) is 0.124. The lowest BCUT2D eigenvalue weighted by atomic mass is 9.95. The van der Waals surface area contributed by atoms with E-state index in [-0.39, 0.29) is 61.7 Å². The Morgan fingerprint density at radius 2 is 1.70 bits per heavy atom. The molecule has 1 fully saturated rings. The molecule has 20 heteroatoms. The van der Waals surface area contributed by atoms with Crippen molar-refractivity contribution in [2.75, 3.05) is 11.0 Å². The Morgan fingerprint density at radius 3 is 2.37 bits per heavy atom. The number of aryl methyl sites for hydroxylation is 3. The van der Waals surface area contributed by atoms with Gasteiger partial charge in [-0.05, 0) is 90.4 Å². The fourth-order valence-electron chi connectivity index (χ4n) is 9.01. The van der Waals surface area contributed by atoms with Gasteiger partial charge in [-0.15, -0.1) is 0 Å². The molecule has 2 aliphatic rings. The van der Waals surface area contributed by atoms with Crippen LogP contribution in [0.1, 0.15) is 64.3 Å². The maximum atomic E-state index is 15.6. The predicted molar refractivity (Wildman–Crippen MR) is 223 cm³/mol. The summed E-state index contributed by atoms with van der Waals surface area (Å²) in [5.74, 6) is -8.94. The third-order valence-corrected chi connectivity index (χ3v) is 12.5. The van der Waals surface area contributed by atoms with Crippen LogP contribution in [0.15, 0.2) is 71.5 Å². The molecule has 3 aromatic heterocycles. The van der Waals surface area contributed by atoms with Crippen molar-refractivity contribution in [3.05, 3.63) is 133 Å². The number of alkyl halides is 4. The Hall–Kier alpha value is -6.21. The van der Waals surface area contributed by atoms with Crippen molar-refractivity contribution in [2.45, 2.75) is 57.5 Å². The Morgan fingerprint density at radius 1 is 1.00 bits per heavy atom. The number of carbonyl (C=O) groups excluding carboxylic acids is 1. The normalized spacial score (nSPS) is 17.0. The molecule has 9 rings (SSSR count). The van der Waals surface area contributed by atoms with Crippen molar-refractivity contribution < 1.29 is 39.6 Å². The van der Waals surface area contributed by atoms with E-state index in [4.69, 9.17) is 16.6 Å². The van der Waals surface area contributed by atoms with E-state index < -0.39 is 87.7 Å². The highest BCUT2D eigenvalue weighted by atomic mass is 35.5. The summed E-state index contributed by atoms with van der Waals surface area (Å²) >= 11 is 6.65. The van der Waals surface area contributed by atoms with Crippen molar-refractivity contribution in [3.8, 4) is 16.8 Å². The summed E-state index contributed by atoms with van der Waals surface area (Å²) in [5, 5.41) is 11.0. The fourth-order valence-corrected chi connectivity index (χ4v) is 9.74. The molecule has 63 heavy (non-hydrogen) atoms. The molecule has 0 spiro atoms. The molecule has 0 saturated heterocycles. The number of rotatable bonds is 11. The molecule has 3 heterocycles. The highest BCUT2D eigenvalue weighted by molar-refractivity contribution is 7.92. The Bertz CT molecular complexity index is 3220. The van der Waals surface area contributed by atoms with Crippen LogP contribution in [0.3, 0.4) is 0 Å². The van der Waals surface area contributed by atoms with Gasteiger partial charge in [0.1, 0.15) is 35.4 Å². The molecule has 3 atom stereocenters. The molecule has 1 saturated carbocycles. The van der Waals surface area contributed by atoms with Crippen LogP contribution in [0, 0.1) is 31.4 Å². The molecule has 7 aromatic rings. The van der Waals surface area contributed by atoms with Gasteiger partial charge in [0.15, 0.2) is 5.82 Å². The second kappa shape index (κ2) is 15.0. The van der Waals surface area contributed by atoms with Gasteiger partial charge >= 0.3 is 0 Å². The summed E-state index contributed by atoms with van der Waals surface area (Å²) in [6.07, 6.45) is -2.74. The van der Waals surface area contributed by atoms with E-state index in [2.05, 4.69) is 20.2 Å². The number of sulfonamides is 1. The topological polar surface area (TPSA) is 146 Å². The van der Waals surface area contributed by atoms with Gasteiger partial charge in [0.05, 0.1) is 44.8 Å². The minimum atomic E-state index is -3.91. The second-order valence-electron chi connectivity index (χ2n) is 16.0. The average molecular weight is 909 g/mol. The number of carbonyl (C=O) groups is 1. The van der Waals surface area contributed by atoms with Gasteiger partial charge in [-0.3, -0.25) is 28.2 Å². The Labute approximate surface area is 359 Å². The van der Waals surface area contributed by atoms with Crippen LogP contribution < -0.4 is 15.6 Å². The van der Waals surface area contributed by atoms with Crippen molar-refractivity contribution in [2.24, 2.45) is 13.0 Å². The number of halogens is 7. The maximum absolute atomic E-state index is 15.6. The van der Waals surface area contributed by atoms with Gasteiger partial charge in [0.25, 0.3) is 17.9 Å². The summed E-state index contributed by atoms with van der Waals surface area (Å²) in [4.78, 5) is 34.2. The number of benzene rings is 4. The van der Waals surface area contributed by atoms with E-state index in [0.29, 0.717) is 16.3 Å². The van der Waals surface area contributed by atoms with Crippen LogP contribution in [0.5, 0.6) is 0 Å². The molecule has 1 amide bonds. The lowest BCUT2D eigenvalue weighted by molar-refractivity contribution is -0.123. The minimum Gasteiger partial charge on any atom is -0.344 e. The first kappa shape index (κ1) is 42.1. The number of aromatic nitrogens is 6. The predicted octanol–water partition coefficient (Wildman–Crippen LogP) is 8.30. The fraction of sp³-hybridized carbons (Fsp3) is 0.279. The zero-order valence-corrected chi connectivity index (χ0v) is 35.2. The summed E-state index contributed by atoms with van der Waals surface area (Å²) in [6.45, 7) is 2.86. The first-order valence-electron chi connectivity index (χ1n) is 19.5. The molecule has 0 radical (unpaired) electrons. The smallest absolute Gasteiger partial charge is 0.293 e. The van der Waals surface area contributed by atoms with E-state index in [1.165, 1.54) is 23.9 Å². The van der Waals surface area contributed by atoms with Crippen LogP contribution >= 0.6 is 11.6 Å². The molecule has 0 aliphatic heterocycles. The Balaban J connectivity index is 1.27. The zero-order chi connectivity index (χ0) is 45.0. The van der Waals surface area contributed by atoms with E-state index in [0.717, 1.165) is 39.6 Å². The van der Waals surface area contributed by atoms with Crippen LogP contribution in [0.2, 0.25) is 5.02 Å². The van der Waals surface area contributed by atoms with Crippen molar-refractivity contribution in [1.82, 2.24) is 34.4 Å². The summed E-state index contributed by atoms with van der Waals surface area (Å²) in [6, 6.07) is 14.7. The third-order valence-electron chi connectivity index (χ3n) is 11.6. The van der Waals surface area contributed by atoms with Gasteiger partial charge in [0.2, 0.25) is 15.9 Å². The second-order valence-corrected chi connectivity index (χ2v) is 18.2. The average Bonchev–Trinajstić information content (AvgIpc) is 3.73. The van der Waals surface area contributed by atoms with Crippen LogP contribution in [0.25, 0.3) is 38.6 Å². The highest BCUT2D eigenvalue weighted by Gasteiger charge is 2.67. The summed E-state index contributed by atoms with van der Waals surface area (Å²) < 4.78 is 119. The number of amides is 1. The van der Waals surface area contributed by atoms with Crippen molar-refractivity contribution >= 4 is 55.2 Å². The van der Waals surface area contributed by atoms with Crippen LogP contribution in [0.4, 0.5) is 32.2 Å². The maximum Gasteiger partial charge on any atom is 0.293 e. The molecule has 0 bridgehead atoms. The third kappa shape index (κ3) is 7.29. The number of fused-ring (bicyclic) bond motifs is 5. The molecule has 4 aromatic carbocycles. The van der Waals surface area contributed by atoms with E-state index >= 15 is 13.6 Å². The summed E-state index contributed by atoms with van der Waals surface area (Å²) in [7, 11) is -2.44. The van der Waals surface area contributed by atoms with Crippen LogP contribution in [-0.4, -0.2) is 49.7 Å². The van der Waals surface area contributed by atoms with E-state index in [1.54, 1.807) is 18.2 Å². The van der Waals surface area contributed by atoms with Gasteiger partial charge in [-0.1, -0.05) is 35.9 Å². The number of hydrogen-bond acceptors (Lipinski definition) is 7. The SMILES string of the molecule is Cc1cccc(C)c1-c1ccc2c(=O)n(-c3ccc(Cl)c4c(NS(C)(=O)=O)nn(C)c34)c([C@H](Cc3cc(F)cc(F)c3)NC(=O)Cn3nc(C(F)F)c4c3C(F)(F)[C@@H]3C[C@H]43)nc2c1. The molecule has 12 nitrogen and oxygen atoms in total. The molecule has 2 N–H and O–H groups in total. The number of hydrogen-bond donors (Lipinski definition) is 2. The number of anilines is 1. The number of nitrogens with zero attached hydrogens (tertiary/aromatic N) is 6. The van der Waals surface area contributed by atoms with Crippen molar-refractivity contribution in [1.29, 1.82) is 0 Å². The first-order valence-corrected chi connectivity index (χ1v) is 21.8. The van der Waals surface area contributed by atoms with Gasteiger partial charge in [-0.25, -0.2) is 31.0 Å². The lowest BCUT2D eigenvalue weighted by Crippen LogP contribution is -2.38. The zero-order valence-electron chi connectivity index (χ0n) is 33.7. The molecular weight excluding hydrogens is 874 g/mol. The van der Waals surface area contributed by atoms with Crippen LogP contribution in [-0.2, 0) is 40.8 Å². The first-order chi connectivity index (χ1) is 29.7. The van der Waals surface area contributed by atoms with Gasteiger partial charge in [-0.2, -0.15) is 19.0 Å². The highest BCUT2D eigenvalue weighted by Crippen LogP contribution is 2.68. The molecule has 2 aliphatic carbocycles. The summed E-state index contributed by atoms with van der Waals surface area (Å²) in [5.41, 5.74) is 1.04. The van der Waals surface area contributed by atoms with Crippen molar-refractivity contribution in [3.63, 3.8) is 0 Å². The molecule has 326 valence electrons. The Kier molecular flexibility index (Phi) is 10.0. The number of nitrogens with one attached hydrogen (secondary N) is 2.